The number of carbonyl (C=O) groups is 1. The Labute approximate surface area is 123 Å². The van der Waals surface area contributed by atoms with Crippen LogP contribution in [0.15, 0.2) is 36.5 Å². The molecule has 0 saturated carbocycles. The summed E-state index contributed by atoms with van der Waals surface area (Å²) in [4.78, 5) is 11.9. The summed E-state index contributed by atoms with van der Waals surface area (Å²) < 4.78 is 1.62. The Bertz CT molecular complexity index is 568. The molecule has 1 aromatic heterocycles. The second-order valence-corrected chi connectivity index (χ2v) is 4.94. The molecule has 6 heteroatoms. The Hall–Kier alpha value is -2.21. The van der Waals surface area contributed by atoms with Crippen molar-refractivity contribution in [2.24, 2.45) is 0 Å². The molecule has 0 aliphatic carbocycles. The van der Waals surface area contributed by atoms with E-state index in [2.05, 4.69) is 15.6 Å². The van der Waals surface area contributed by atoms with E-state index in [1.54, 1.807) is 10.9 Å². The average molecular weight is 288 g/mol. The zero-order chi connectivity index (χ0) is 15.1. The number of rotatable bonds is 7. The molecule has 0 aliphatic rings. The standard InChI is InChI=1S/C15H20N4O2/c1-2-6-13(20)9-16-15(21)14-11-19(18-17-14)10-12-7-4-3-5-8-12/h3-5,7-8,11,13,20H,2,6,9-10H2,1H3,(H,16,21). The zero-order valence-electron chi connectivity index (χ0n) is 12.1. The first kappa shape index (κ1) is 15.2. The van der Waals surface area contributed by atoms with Crippen LogP contribution in [0.25, 0.3) is 0 Å². The van der Waals surface area contributed by atoms with Gasteiger partial charge in [-0.05, 0) is 12.0 Å². The predicted molar refractivity (Wildman–Crippen MR) is 78.8 cm³/mol. The number of nitrogens with zero attached hydrogens (tertiary/aromatic N) is 3. The molecule has 2 rings (SSSR count). The minimum absolute atomic E-state index is 0.234. The monoisotopic (exact) mass is 288 g/mol. The molecule has 21 heavy (non-hydrogen) atoms. The highest BCUT2D eigenvalue weighted by Gasteiger charge is 2.12. The van der Waals surface area contributed by atoms with Gasteiger partial charge in [0.2, 0.25) is 0 Å². The molecule has 1 atom stereocenters. The number of aliphatic hydroxyl groups excluding tert-OH is 1. The van der Waals surface area contributed by atoms with E-state index < -0.39 is 6.10 Å². The number of aromatic nitrogens is 3. The summed E-state index contributed by atoms with van der Waals surface area (Å²) in [6, 6.07) is 9.83. The molecule has 1 heterocycles. The maximum atomic E-state index is 11.9. The maximum absolute atomic E-state index is 11.9. The number of aliphatic hydroxyl groups is 1. The Morgan fingerprint density at radius 3 is 2.86 bits per heavy atom. The normalized spacial score (nSPS) is 12.1. The molecule has 112 valence electrons. The van der Waals surface area contributed by atoms with E-state index >= 15 is 0 Å². The second-order valence-electron chi connectivity index (χ2n) is 4.94. The van der Waals surface area contributed by atoms with Gasteiger partial charge in [0.15, 0.2) is 5.69 Å². The van der Waals surface area contributed by atoms with Gasteiger partial charge in [-0.15, -0.1) is 5.10 Å². The Balaban J connectivity index is 1.89. The lowest BCUT2D eigenvalue weighted by Gasteiger charge is -2.09. The highest BCUT2D eigenvalue weighted by Crippen LogP contribution is 2.02. The van der Waals surface area contributed by atoms with Crippen LogP contribution >= 0.6 is 0 Å². The summed E-state index contributed by atoms with van der Waals surface area (Å²) in [6.45, 7) is 2.79. The Morgan fingerprint density at radius 2 is 2.14 bits per heavy atom. The lowest BCUT2D eigenvalue weighted by molar-refractivity contribution is 0.0905. The van der Waals surface area contributed by atoms with E-state index in [0.717, 1.165) is 12.0 Å². The molecule has 0 aliphatic heterocycles. The van der Waals surface area contributed by atoms with Gasteiger partial charge < -0.3 is 10.4 Å². The Kier molecular flexibility index (Phi) is 5.45. The van der Waals surface area contributed by atoms with Gasteiger partial charge >= 0.3 is 0 Å². The summed E-state index contributed by atoms with van der Waals surface area (Å²) in [7, 11) is 0. The summed E-state index contributed by atoms with van der Waals surface area (Å²) >= 11 is 0. The molecular weight excluding hydrogens is 268 g/mol. The number of benzene rings is 1. The van der Waals surface area contributed by atoms with Crippen molar-refractivity contribution >= 4 is 5.91 Å². The third kappa shape index (κ3) is 4.68. The molecule has 1 aromatic carbocycles. The second kappa shape index (κ2) is 7.54. The lowest BCUT2D eigenvalue weighted by Crippen LogP contribution is -2.32. The molecule has 0 saturated heterocycles. The summed E-state index contributed by atoms with van der Waals surface area (Å²) in [5.74, 6) is -0.315. The molecule has 0 fully saturated rings. The number of carbonyl (C=O) groups excluding carboxylic acids is 1. The summed E-state index contributed by atoms with van der Waals surface area (Å²) in [6.07, 6.45) is 2.64. The van der Waals surface area contributed by atoms with Crippen LogP contribution in [-0.4, -0.2) is 38.7 Å². The minimum atomic E-state index is -0.515. The van der Waals surface area contributed by atoms with Crippen molar-refractivity contribution in [3.8, 4) is 0 Å². The first-order valence-corrected chi connectivity index (χ1v) is 7.09. The van der Waals surface area contributed by atoms with E-state index in [9.17, 15) is 9.90 Å². The number of amides is 1. The van der Waals surface area contributed by atoms with Gasteiger partial charge in [-0.25, -0.2) is 4.68 Å². The number of nitrogens with one attached hydrogen (secondary N) is 1. The zero-order valence-corrected chi connectivity index (χ0v) is 12.1. The van der Waals surface area contributed by atoms with Gasteiger partial charge in [0.05, 0.1) is 18.8 Å². The first-order chi connectivity index (χ1) is 10.2. The van der Waals surface area contributed by atoms with Crippen molar-refractivity contribution < 1.29 is 9.90 Å². The summed E-state index contributed by atoms with van der Waals surface area (Å²) in [5, 5.41) is 20.0. The van der Waals surface area contributed by atoms with E-state index in [0.29, 0.717) is 13.0 Å². The fraction of sp³-hybridized carbons (Fsp3) is 0.400. The third-order valence-electron chi connectivity index (χ3n) is 3.08. The molecule has 0 bridgehead atoms. The molecule has 1 amide bonds. The van der Waals surface area contributed by atoms with Crippen LogP contribution in [0.5, 0.6) is 0 Å². The van der Waals surface area contributed by atoms with Crippen LogP contribution in [0.4, 0.5) is 0 Å². The lowest BCUT2D eigenvalue weighted by atomic mass is 10.2. The first-order valence-electron chi connectivity index (χ1n) is 7.09. The van der Waals surface area contributed by atoms with Crippen LogP contribution < -0.4 is 5.32 Å². The number of hydrogen-bond acceptors (Lipinski definition) is 4. The molecule has 1 unspecified atom stereocenters. The van der Waals surface area contributed by atoms with E-state index in [1.807, 2.05) is 37.3 Å². The van der Waals surface area contributed by atoms with Crippen molar-refractivity contribution in [3.63, 3.8) is 0 Å². The predicted octanol–water partition coefficient (Wildman–Crippen LogP) is 1.22. The van der Waals surface area contributed by atoms with Gasteiger partial charge in [0.1, 0.15) is 0 Å². The maximum Gasteiger partial charge on any atom is 0.273 e. The van der Waals surface area contributed by atoms with Crippen LogP contribution in [0, 0.1) is 0 Å². The van der Waals surface area contributed by atoms with Crippen molar-refractivity contribution in [2.45, 2.75) is 32.4 Å². The third-order valence-corrected chi connectivity index (χ3v) is 3.08. The SMILES string of the molecule is CCCC(O)CNC(=O)c1cn(Cc2ccccc2)nn1. The average Bonchev–Trinajstić information content (AvgIpc) is 2.95. The Morgan fingerprint density at radius 1 is 1.38 bits per heavy atom. The fourth-order valence-corrected chi connectivity index (χ4v) is 1.99. The molecule has 2 aromatic rings. The van der Waals surface area contributed by atoms with E-state index in [-0.39, 0.29) is 18.1 Å². The topological polar surface area (TPSA) is 80.0 Å². The highest BCUT2D eigenvalue weighted by molar-refractivity contribution is 5.91. The van der Waals surface area contributed by atoms with Gasteiger partial charge in [-0.1, -0.05) is 48.9 Å². The minimum Gasteiger partial charge on any atom is -0.391 e. The van der Waals surface area contributed by atoms with E-state index in [1.165, 1.54) is 0 Å². The van der Waals surface area contributed by atoms with Crippen LogP contribution in [-0.2, 0) is 6.54 Å². The van der Waals surface area contributed by atoms with Crippen molar-refractivity contribution in [1.82, 2.24) is 20.3 Å². The van der Waals surface area contributed by atoms with Crippen molar-refractivity contribution in [2.75, 3.05) is 6.54 Å². The fourth-order valence-electron chi connectivity index (χ4n) is 1.99. The molecular formula is C15H20N4O2. The smallest absolute Gasteiger partial charge is 0.273 e. The van der Waals surface area contributed by atoms with Crippen molar-refractivity contribution in [1.29, 1.82) is 0 Å². The molecule has 2 N–H and O–H groups in total. The molecule has 0 radical (unpaired) electrons. The quantitative estimate of drug-likeness (QED) is 0.802. The van der Waals surface area contributed by atoms with Crippen LogP contribution in [0.1, 0.15) is 35.8 Å². The van der Waals surface area contributed by atoms with Gasteiger partial charge in [0.25, 0.3) is 5.91 Å². The van der Waals surface area contributed by atoms with E-state index in [4.69, 9.17) is 0 Å². The van der Waals surface area contributed by atoms with Gasteiger partial charge in [0, 0.05) is 6.54 Å². The highest BCUT2D eigenvalue weighted by atomic mass is 16.3. The molecule has 6 nitrogen and oxygen atoms in total. The summed E-state index contributed by atoms with van der Waals surface area (Å²) in [5.41, 5.74) is 1.35. The van der Waals surface area contributed by atoms with Gasteiger partial charge in [-0.2, -0.15) is 0 Å². The van der Waals surface area contributed by atoms with Crippen LogP contribution in [0.2, 0.25) is 0 Å². The number of hydrogen-bond donors (Lipinski definition) is 2. The van der Waals surface area contributed by atoms with Crippen LogP contribution in [0.3, 0.4) is 0 Å². The van der Waals surface area contributed by atoms with Crippen molar-refractivity contribution in [3.05, 3.63) is 47.8 Å². The van der Waals surface area contributed by atoms with Gasteiger partial charge in [-0.3, -0.25) is 4.79 Å². The molecule has 0 spiro atoms. The largest absolute Gasteiger partial charge is 0.391 e.